The van der Waals surface area contributed by atoms with E-state index >= 15 is 0 Å². The molecular weight excluding hydrogens is 762 g/mol. The van der Waals surface area contributed by atoms with E-state index in [1.165, 1.54) is 6.07 Å². The molecule has 326 valence electrons. The van der Waals surface area contributed by atoms with Crippen LogP contribution in [0.25, 0.3) is 0 Å². The number of benzene rings is 1. The van der Waals surface area contributed by atoms with Gasteiger partial charge in [0.25, 0.3) is 0 Å². The van der Waals surface area contributed by atoms with Crippen molar-refractivity contribution in [2.75, 3.05) is 6.61 Å². The van der Waals surface area contributed by atoms with Gasteiger partial charge in [-0.3, -0.25) is 0 Å². The third-order valence-electron chi connectivity index (χ3n) is 16.1. The Morgan fingerprint density at radius 2 is 1.59 bits per heavy atom. The number of fused-ring (bicyclic) bond motifs is 5. The Labute approximate surface area is 345 Å². The van der Waals surface area contributed by atoms with Crippen molar-refractivity contribution in [1.29, 1.82) is 0 Å². The zero-order valence-corrected chi connectivity index (χ0v) is 34.5. The topological polar surface area (TPSA) is 210 Å². The van der Waals surface area contributed by atoms with Gasteiger partial charge in [0.15, 0.2) is 12.6 Å². The molecule has 59 heavy (non-hydrogen) atoms. The third kappa shape index (κ3) is 7.32. The summed E-state index contributed by atoms with van der Waals surface area (Å²) in [7, 11) is 0. The van der Waals surface area contributed by atoms with Crippen molar-refractivity contribution in [2.45, 2.75) is 165 Å². The molecule has 6 N–H and O–H groups in total. The van der Waals surface area contributed by atoms with Gasteiger partial charge in [0.2, 0.25) is 0 Å². The van der Waals surface area contributed by atoms with Crippen molar-refractivity contribution < 1.29 is 58.8 Å². The van der Waals surface area contributed by atoms with E-state index in [4.69, 9.17) is 28.2 Å². The molecule has 1 aromatic carbocycles. The summed E-state index contributed by atoms with van der Waals surface area (Å²) in [5.41, 5.74) is -1.90. The van der Waals surface area contributed by atoms with Crippen LogP contribution in [0.1, 0.15) is 103 Å². The highest BCUT2D eigenvalue weighted by atomic mass is 16.7. The molecule has 2 saturated heterocycles. The molecule has 0 bridgehead atoms. The first kappa shape index (κ1) is 42.9. The van der Waals surface area contributed by atoms with E-state index in [0.29, 0.717) is 38.5 Å². The van der Waals surface area contributed by atoms with Gasteiger partial charge < -0.3 is 58.8 Å². The first-order valence-corrected chi connectivity index (χ1v) is 21.7. The number of rotatable bonds is 10. The minimum Gasteiger partial charge on any atom is -0.431 e. The Hall–Kier alpha value is -2.76. The Balaban J connectivity index is 1.00. The van der Waals surface area contributed by atoms with Gasteiger partial charge in [-0.1, -0.05) is 56.3 Å². The summed E-state index contributed by atoms with van der Waals surface area (Å²) < 4.78 is 30.4. The molecular formula is C45H63NO13. The maximum atomic E-state index is 13.0. The second-order valence-electron chi connectivity index (χ2n) is 18.9. The van der Waals surface area contributed by atoms with Gasteiger partial charge in [0.1, 0.15) is 31.0 Å². The van der Waals surface area contributed by atoms with Crippen LogP contribution >= 0.6 is 0 Å². The maximum Gasteiger partial charge on any atom is 0.335 e. The number of oxime groups is 1. The normalized spacial score (nSPS) is 47.3. The van der Waals surface area contributed by atoms with E-state index in [1.807, 2.05) is 63.4 Å². The zero-order valence-electron chi connectivity index (χ0n) is 34.5. The number of nitrogens with zero attached hydrogens (tertiary/aromatic N) is 1. The van der Waals surface area contributed by atoms with Gasteiger partial charge in [-0.15, -0.1) is 0 Å². The molecule has 0 radical (unpaired) electrons. The fourth-order valence-corrected chi connectivity index (χ4v) is 12.5. The fourth-order valence-electron chi connectivity index (χ4n) is 12.5. The van der Waals surface area contributed by atoms with Crippen molar-refractivity contribution in [3.05, 3.63) is 70.3 Å². The second kappa shape index (κ2) is 16.5. The average molecular weight is 826 g/mol. The van der Waals surface area contributed by atoms with Crippen LogP contribution in [0, 0.1) is 34.5 Å². The lowest BCUT2D eigenvalue weighted by atomic mass is 9.41. The highest BCUT2D eigenvalue weighted by Crippen LogP contribution is 2.71. The molecule has 4 saturated carbocycles. The lowest BCUT2D eigenvalue weighted by molar-refractivity contribution is -0.348. The first-order valence-electron chi connectivity index (χ1n) is 21.7. The zero-order chi connectivity index (χ0) is 41.9. The van der Waals surface area contributed by atoms with Crippen LogP contribution < -0.4 is 5.63 Å². The van der Waals surface area contributed by atoms with E-state index in [9.17, 15) is 35.4 Å². The number of hydrogen-bond acceptors (Lipinski definition) is 14. The largest absolute Gasteiger partial charge is 0.431 e. The Kier molecular flexibility index (Phi) is 12.0. The molecule has 14 heteroatoms. The smallest absolute Gasteiger partial charge is 0.335 e. The molecule has 2 aliphatic heterocycles. The predicted octanol–water partition coefficient (Wildman–Crippen LogP) is 3.77. The monoisotopic (exact) mass is 825 g/mol. The standard InChI is InChI=1S/C45H63NO13/c1-25-26(2)40(56-27(3)39(25)59-41-38(51)37(50)36(49)34(21-47)58-41)57-30-12-17-43(24-46-55-22-28-8-6-5-7-9-28)32-13-16-42(4)31(29-10-11-35(48)54-23-29)15-19-45(42,53)33(32)14-18-44(43,52)20-30/h5-11,23-27,30-34,36-41,47,49-53H,12-22H2,1-4H3. The number of aliphatic hydroxyl groups is 6. The van der Waals surface area contributed by atoms with Gasteiger partial charge in [-0.2, -0.15) is 0 Å². The SMILES string of the molecule is CC1OC(OC2CCC3(C=NOCc4ccccc4)C4CCC5(C)C(c6ccc(=O)oc6)CCC5(O)C4CCC3(O)C2)C(C)C(C)C1OC1OC(CO)C(O)C(O)C1O. The molecule has 1 aromatic heterocycles. The van der Waals surface area contributed by atoms with E-state index in [-0.39, 0.29) is 42.3 Å². The van der Waals surface area contributed by atoms with Crippen molar-refractivity contribution in [2.24, 2.45) is 39.7 Å². The fraction of sp³-hybridized carbons (Fsp3) is 0.733. The molecule has 18 atom stereocenters. The van der Waals surface area contributed by atoms with Crippen LogP contribution in [-0.4, -0.2) is 110 Å². The Morgan fingerprint density at radius 3 is 2.32 bits per heavy atom. The van der Waals surface area contributed by atoms with Crippen LogP contribution in [0.5, 0.6) is 0 Å². The van der Waals surface area contributed by atoms with Crippen LogP contribution in [0.15, 0.2) is 63.1 Å². The lowest BCUT2D eigenvalue weighted by Gasteiger charge is -2.65. The molecule has 6 aliphatic rings. The summed E-state index contributed by atoms with van der Waals surface area (Å²) >= 11 is 0. The number of aliphatic hydroxyl groups excluding tert-OH is 4. The van der Waals surface area contributed by atoms with E-state index in [1.54, 1.807) is 6.26 Å². The van der Waals surface area contributed by atoms with Crippen molar-refractivity contribution in [3.63, 3.8) is 0 Å². The van der Waals surface area contributed by atoms with Gasteiger partial charge in [-0.05, 0) is 99.2 Å². The Bertz CT molecular complexity index is 1820. The molecule has 18 unspecified atom stereocenters. The van der Waals surface area contributed by atoms with Gasteiger partial charge in [0.05, 0.1) is 48.6 Å². The maximum absolute atomic E-state index is 13.0. The van der Waals surface area contributed by atoms with E-state index in [2.05, 4.69) is 12.1 Å². The minimum absolute atomic E-state index is 0.0334. The van der Waals surface area contributed by atoms with Gasteiger partial charge >= 0.3 is 5.63 Å². The van der Waals surface area contributed by atoms with Crippen LogP contribution in [0.2, 0.25) is 0 Å². The molecule has 2 aromatic rings. The molecule has 3 heterocycles. The number of ether oxygens (including phenoxy) is 4. The quantitative estimate of drug-likeness (QED) is 0.115. The van der Waals surface area contributed by atoms with Crippen molar-refractivity contribution in [3.8, 4) is 0 Å². The summed E-state index contributed by atoms with van der Waals surface area (Å²) in [5, 5.41) is 71.5. The summed E-state index contributed by atoms with van der Waals surface area (Å²) in [6, 6.07) is 13.1. The summed E-state index contributed by atoms with van der Waals surface area (Å²) in [6.07, 6.45) is 0.00288. The highest BCUT2D eigenvalue weighted by molar-refractivity contribution is 5.69. The molecule has 8 rings (SSSR count). The van der Waals surface area contributed by atoms with Crippen molar-refractivity contribution in [1.82, 2.24) is 0 Å². The second-order valence-corrected chi connectivity index (χ2v) is 18.9. The third-order valence-corrected chi connectivity index (χ3v) is 16.1. The van der Waals surface area contributed by atoms with Crippen LogP contribution in [0.3, 0.4) is 0 Å². The Morgan fingerprint density at radius 1 is 0.831 bits per heavy atom. The first-order chi connectivity index (χ1) is 28.1. The highest BCUT2D eigenvalue weighted by Gasteiger charge is 2.71. The molecule has 6 fully saturated rings. The average Bonchev–Trinajstić information content (AvgIpc) is 3.51. The lowest BCUT2D eigenvalue weighted by Crippen LogP contribution is -2.69. The van der Waals surface area contributed by atoms with E-state index < -0.39 is 83.5 Å². The molecule has 14 nitrogen and oxygen atoms in total. The number of hydrogen-bond donors (Lipinski definition) is 6. The van der Waals surface area contributed by atoms with E-state index in [0.717, 1.165) is 30.4 Å². The van der Waals surface area contributed by atoms with Crippen molar-refractivity contribution >= 4 is 6.21 Å². The van der Waals surface area contributed by atoms with Crippen LogP contribution in [0.4, 0.5) is 0 Å². The molecule has 0 amide bonds. The summed E-state index contributed by atoms with van der Waals surface area (Å²) in [5.74, 6) is -0.452. The molecule has 4 aliphatic carbocycles. The predicted molar refractivity (Wildman–Crippen MR) is 213 cm³/mol. The summed E-state index contributed by atoms with van der Waals surface area (Å²) in [6.45, 7) is 7.79. The van der Waals surface area contributed by atoms with Crippen LogP contribution in [-0.2, 0) is 30.4 Å². The van der Waals surface area contributed by atoms with Gasteiger partial charge in [-0.25, -0.2) is 4.79 Å². The summed E-state index contributed by atoms with van der Waals surface area (Å²) in [4.78, 5) is 17.7. The molecule has 0 spiro atoms. The minimum atomic E-state index is -1.55. The van der Waals surface area contributed by atoms with Gasteiger partial charge in [0, 0.05) is 29.2 Å².